The molecular weight excluding hydrogens is 391 g/mol. The Morgan fingerprint density at radius 3 is 2.07 bits per heavy atom. The van der Waals surface area contributed by atoms with Crippen LogP contribution >= 0.6 is 7.95 Å². The van der Waals surface area contributed by atoms with E-state index < -0.39 is 25.8 Å². The highest BCUT2D eigenvalue weighted by molar-refractivity contribution is 7.43. The standard InChI is InChI=1S/C21H27N2O5P/c1-28-20(15-17-10-6-3-7-11-17)29(27)23-18(14-16-8-4-2-5-9-16)21(26)22-13-12-19(24)25/h2-11,18,20,29H,12-15H2,1H3,(H,22,26)(H,23,27)(H,24,25)/t18?,20-/m0/s1. The molecule has 3 N–H and O–H groups in total. The lowest BCUT2D eigenvalue weighted by Crippen LogP contribution is -2.44. The third kappa shape index (κ3) is 8.20. The van der Waals surface area contributed by atoms with Crippen molar-refractivity contribution in [1.29, 1.82) is 0 Å². The minimum absolute atomic E-state index is 0.0137. The van der Waals surface area contributed by atoms with Gasteiger partial charge in [-0.05, 0) is 17.5 Å². The fourth-order valence-corrected chi connectivity index (χ4v) is 4.25. The van der Waals surface area contributed by atoms with Gasteiger partial charge in [0.05, 0.1) is 12.5 Å². The summed E-state index contributed by atoms with van der Waals surface area (Å²) >= 11 is 0. The Kier molecular flexibility index (Phi) is 9.57. The highest BCUT2D eigenvalue weighted by atomic mass is 31.1. The summed E-state index contributed by atoms with van der Waals surface area (Å²) in [4.78, 5) is 23.3. The normalized spacial score (nSPS) is 14.0. The predicted octanol–water partition coefficient (Wildman–Crippen LogP) is 2.47. The van der Waals surface area contributed by atoms with Crippen molar-refractivity contribution in [2.24, 2.45) is 0 Å². The summed E-state index contributed by atoms with van der Waals surface area (Å²) in [5.74, 6) is -1.94. The molecule has 0 bridgehead atoms. The second kappa shape index (κ2) is 12.2. The van der Waals surface area contributed by atoms with Crippen LogP contribution in [0.5, 0.6) is 0 Å². The van der Waals surface area contributed by atoms with E-state index >= 15 is 0 Å². The molecular formula is C21H27N2O5P. The van der Waals surface area contributed by atoms with Crippen molar-refractivity contribution in [3.8, 4) is 0 Å². The number of carbonyl (C=O) groups is 2. The van der Waals surface area contributed by atoms with Gasteiger partial charge in [-0.2, -0.15) is 0 Å². The quantitative estimate of drug-likeness (QED) is 0.458. The summed E-state index contributed by atoms with van der Waals surface area (Å²) < 4.78 is 18.4. The molecule has 0 fully saturated rings. The van der Waals surface area contributed by atoms with Gasteiger partial charge in [0.25, 0.3) is 0 Å². The minimum atomic E-state index is -2.48. The molecule has 0 saturated heterocycles. The number of hydrogen-bond acceptors (Lipinski definition) is 4. The Hall–Kier alpha value is -2.47. The molecule has 0 radical (unpaired) electrons. The Bertz CT molecular complexity index is 801. The van der Waals surface area contributed by atoms with Gasteiger partial charge in [0, 0.05) is 20.1 Å². The molecule has 0 aliphatic rings. The number of carboxylic acids is 1. The molecule has 2 aromatic rings. The number of nitrogens with one attached hydrogen (secondary N) is 2. The summed E-state index contributed by atoms with van der Waals surface area (Å²) in [7, 11) is -0.982. The van der Waals surface area contributed by atoms with Crippen molar-refractivity contribution >= 4 is 19.8 Å². The van der Waals surface area contributed by atoms with Crippen LogP contribution in [0, 0.1) is 0 Å². The van der Waals surface area contributed by atoms with E-state index in [0.29, 0.717) is 12.8 Å². The lowest BCUT2D eigenvalue weighted by Gasteiger charge is -2.22. The summed E-state index contributed by atoms with van der Waals surface area (Å²) in [6, 6.07) is 18.2. The monoisotopic (exact) mass is 418 g/mol. The van der Waals surface area contributed by atoms with Gasteiger partial charge in [0.2, 0.25) is 5.91 Å². The Morgan fingerprint density at radius 1 is 1.00 bits per heavy atom. The third-order valence-electron chi connectivity index (χ3n) is 4.39. The third-order valence-corrected chi connectivity index (χ3v) is 6.05. The molecule has 0 aliphatic carbocycles. The van der Waals surface area contributed by atoms with Crippen LogP contribution < -0.4 is 10.4 Å². The van der Waals surface area contributed by atoms with Gasteiger partial charge in [0.1, 0.15) is 5.85 Å². The van der Waals surface area contributed by atoms with Crippen LogP contribution in [0.25, 0.3) is 0 Å². The van der Waals surface area contributed by atoms with E-state index in [-0.39, 0.29) is 18.9 Å². The van der Waals surface area contributed by atoms with Gasteiger partial charge in [-0.25, -0.2) is 0 Å². The highest BCUT2D eigenvalue weighted by Gasteiger charge is 2.25. The summed E-state index contributed by atoms with van der Waals surface area (Å²) in [6.45, 7) is 0.0137. The van der Waals surface area contributed by atoms with Crippen LogP contribution in [0.3, 0.4) is 0 Å². The smallest absolute Gasteiger partial charge is 0.305 e. The number of amides is 1. The van der Waals surface area contributed by atoms with E-state index in [0.717, 1.165) is 11.1 Å². The van der Waals surface area contributed by atoms with E-state index in [1.165, 1.54) is 7.11 Å². The van der Waals surface area contributed by atoms with Crippen molar-refractivity contribution < 1.29 is 24.0 Å². The molecule has 0 aromatic heterocycles. The van der Waals surface area contributed by atoms with Crippen LogP contribution in [0.1, 0.15) is 17.5 Å². The number of benzene rings is 2. The van der Waals surface area contributed by atoms with Gasteiger partial charge in [-0.3, -0.25) is 14.7 Å². The van der Waals surface area contributed by atoms with Crippen LogP contribution in [0.4, 0.5) is 0 Å². The van der Waals surface area contributed by atoms with E-state index in [2.05, 4.69) is 10.4 Å². The molecule has 1 amide bonds. The largest absolute Gasteiger partial charge is 0.481 e. The first-order chi connectivity index (χ1) is 14.0. The lowest BCUT2D eigenvalue weighted by molar-refractivity contribution is -0.137. The number of rotatable bonds is 12. The summed E-state index contributed by atoms with van der Waals surface area (Å²) in [6.07, 6.45) is 0.617. The number of carboxylic acid groups (broad SMARTS) is 1. The fraction of sp³-hybridized carbons (Fsp3) is 0.333. The molecule has 29 heavy (non-hydrogen) atoms. The number of hydrogen-bond donors (Lipinski definition) is 3. The molecule has 3 atom stereocenters. The highest BCUT2D eigenvalue weighted by Crippen LogP contribution is 2.28. The maximum atomic E-state index is 12.9. The van der Waals surface area contributed by atoms with Gasteiger partial charge in [0.15, 0.2) is 7.95 Å². The van der Waals surface area contributed by atoms with Crippen LogP contribution in [-0.4, -0.2) is 42.5 Å². The first kappa shape index (κ1) is 22.8. The van der Waals surface area contributed by atoms with E-state index in [4.69, 9.17) is 9.84 Å². The van der Waals surface area contributed by atoms with Crippen LogP contribution in [0.15, 0.2) is 60.7 Å². The molecule has 0 spiro atoms. The molecule has 0 aliphatic heterocycles. The average Bonchev–Trinajstić information content (AvgIpc) is 2.72. The zero-order valence-corrected chi connectivity index (χ0v) is 17.3. The topological polar surface area (TPSA) is 105 Å². The maximum Gasteiger partial charge on any atom is 0.305 e. The van der Waals surface area contributed by atoms with Crippen molar-refractivity contribution in [1.82, 2.24) is 10.4 Å². The molecule has 2 unspecified atom stereocenters. The SMILES string of the molecule is CO[C@H](Cc1ccccc1)[PH](=O)NC(Cc1ccccc1)C(=O)NCCC(=O)O. The van der Waals surface area contributed by atoms with Crippen molar-refractivity contribution in [2.45, 2.75) is 31.1 Å². The second-order valence-corrected chi connectivity index (χ2v) is 8.26. The Morgan fingerprint density at radius 2 is 1.55 bits per heavy atom. The summed E-state index contributed by atoms with van der Waals surface area (Å²) in [5, 5.41) is 14.3. The number of ether oxygens (including phenoxy) is 1. The number of carbonyl (C=O) groups excluding carboxylic acids is 1. The summed E-state index contributed by atoms with van der Waals surface area (Å²) in [5.41, 5.74) is 1.90. The zero-order chi connectivity index (χ0) is 21.1. The maximum absolute atomic E-state index is 12.9. The molecule has 0 saturated carbocycles. The van der Waals surface area contributed by atoms with E-state index in [1.54, 1.807) is 0 Å². The van der Waals surface area contributed by atoms with E-state index in [9.17, 15) is 14.2 Å². The Labute approximate surface area is 171 Å². The first-order valence-electron chi connectivity index (χ1n) is 9.40. The van der Waals surface area contributed by atoms with Gasteiger partial charge in [-0.1, -0.05) is 60.7 Å². The zero-order valence-electron chi connectivity index (χ0n) is 16.3. The van der Waals surface area contributed by atoms with Gasteiger partial charge >= 0.3 is 5.97 Å². The second-order valence-electron chi connectivity index (χ2n) is 6.60. The van der Waals surface area contributed by atoms with Crippen LogP contribution in [-0.2, 0) is 31.7 Å². The average molecular weight is 418 g/mol. The molecule has 2 aromatic carbocycles. The van der Waals surface area contributed by atoms with Crippen LogP contribution in [0.2, 0.25) is 0 Å². The number of aliphatic carboxylic acids is 1. The predicted molar refractivity (Wildman–Crippen MR) is 112 cm³/mol. The fourth-order valence-electron chi connectivity index (χ4n) is 2.85. The lowest BCUT2D eigenvalue weighted by atomic mass is 10.1. The molecule has 7 nitrogen and oxygen atoms in total. The Balaban J connectivity index is 2.06. The molecule has 2 rings (SSSR count). The van der Waals surface area contributed by atoms with Crippen molar-refractivity contribution in [3.05, 3.63) is 71.8 Å². The van der Waals surface area contributed by atoms with Gasteiger partial charge in [-0.15, -0.1) is 0 Å². The number of methoxy groups -OCH3 is 1. The molecule has 0 heterocycles. The van der Waals surface area contributed by atoms with Crippen molar-refractivity contribution in [3.63, 3.8) is 0 Å². The minimum Gasteiger partial charge on any atom is -0.481 e. The first-order valence-corrected chi connectivity index (χ1v) is 10.9. The molecule has 156 valence electrons. The van der Waals surface area contributed by atoms with Gasteiger partial charge < -0.3 is 19.7 Å². The van der Waals surface area contributed by atoms with E-state index in [1.807, 2.05) is 60.7 Å². The van der Waals surface area contributed by atoms with Crippen molar-refractivity contribution in [2.75, 3.05) is 13.7 Å². The molecule has 8 heteroatoms.